The Kier molecular flexibility index (Phi) is 4.69. The first-order valence-corrected chi connectivity index (χ1v) is 6.61. The molecule has 0 N–H and O–H groups in total. The first-order chi connectivity index (χ1) is 8.33. The maximum atomic E-state index is 6.37. The van der Waals surface area contributed by atoms with Crippen molar-refractivity contribution in [1.82, 2.24) is 0 Å². The van der Waals surface area contributed by atoms with E-state index >= 15 is 0 Å². The van der Waals surface area contributed by atoms with Gasteiger partial charge >= 0.3 is 0 Å². The lowest BCUT2D eigenvalue weighted by Gasteiger charge is -2.18. The zero-order chi connectivity index (χ0) is 12.1. The first kappa shape index (κ1) is 12.7. The Morgan fingerprint density at radius 3 is 2.76 bits per heavy atom. The molecule has 2 atom stereocenters. The summed E-state index contributed by atoms with van der Waals surface area (Å²) in [5.74, 6) is 1.40. The number of hydrogen-bond acceptors (Lipinski definition) is 2. The molecule has 2 nitrogen and oxygen atoms in total. The van der Waals surface area contributed by atoms with Gasteiger partial charge in [-0.15, -0.1) is 11.6 Å². The molecule has 1 aliphatic carbocycles. The lowest BCUT2D eigenvalue weighted by molar-refractivity contribution is 0.145. The van der Waals surface area contributed by atoms with Crippen molar-refractivity contribution in [3.05, 3.63) is 29.8 Å². The predicted octanol–water partition coefficient (Wildman–Crippen LogP) is 3.59. The quantitative estimate of drug-likeness (QED) is 0.591. The van der Waals surface area contributed by atoms with Crippen LogP contribution in [0.25, 0.3) is 0 Å². The molecule has 0 aromatic heterocycles. The molecular weight excluding hydrogens is 236 g/mol. The Hall–Kier alpha value is -0.730. The highest BCUT2D eigenvalue weighted by atomic mass is 35.5. The highest BCUT2D eigenvalue weighted by Crippen LogP contribution is 2.41. The molecule has 0 saturated heterocycles. The molecule has 0 amide bonds. The van der Waals surface area contributed by atoms with E-state index in [0.717, 1.165) is 12.2 Å². The van der Waals surface area contributed by atoms with Crippen molar-refractivity contribution in [1.29, 1.82) is 0 Å². The van der Waals surface area contributed by atoms with Gasteiger partial charge in [-0.05, 0) is 24.5 Å². The highest BCUT2D eigenvalue weighted by molar-refractivity contribution is 6.21. The number of ether oxygens (including phenoxy) is 2. The lowest BCUT2D eigenvalue weighted by atomic mass is 9.96. The summed E-state index contributed by atoms with van der Waals surface area (Å²) in [6, 6.07) is 8.21. The van der Waals surface area contributed by atoms with E-state index in [4.69, 9.17) is 21.1 Å². The maximum absolute atomic E-state index is 6.37. The Morgan fingerprint density at radius 1 is 1.24 bits per heavy atom. The molecule has 0 radical (unpaired) electrons. The molecule has 1 fully saturated rings. The lowest BCUT2D eigenvalue weighted by Crippen LogP contribution is -2.10. The van der Waals surface area contributed by atoms with Gasteiger partial charge in [0.05, 0.1) is 6.61 Å². The Labute approximate surface area is 108 Å². The standard InChI is InChI=1S/C14H19ClO2/c1-16-9-10-17-14-8-3-2-5-12(14)11-6-4-7-13(11)15/h2-3,5,8,11,13H,4,6-7,9-10H2,1H3. The molecule has 1 aliphatic rings. The number of alkyl halides is 1. The summed E-state index contributed by atoms with van der Waals surface area (Å²) >= 11 is 6.37. The molecule has 1 aromatic rings. The SMILES string of the molecule is COCCOc1ccccc1C1CCCC1Cl. The van der Waals surface area contributed by atoms with Crippen molar-refractivity contribution >= 4 is 11.6 Å². The van der Waals surface area contributed by atoms with Crippen LogP contribution in [-0.2, 0) is 4.74 Å². The summed E-state index contributed by atoms with van der Waals surface area (Å²) < 4.78 is 10.8. The largest absolute Gasteiger partial charge is 0.491 e. The van der Waals surface area contributed by atoms with Gasteiger partial charge in [-0.1, -0.05) is 24.6 Å². The van der Waals surface area contributed by atoms with Crippen molar-refractivity contribution in [3.8, 4) is 5.75 Å². The van der Waals surface area contributed by atoms with E-state index in [-0.39, 0.29) is 5.38 Å². The molecule has 0 heterocycles. The van der Waals surface area contributed by atoms with Gasteiger partial charge in [0, 0.05) is 18.4 Å². The van der Waals surface area contributed by atoms with E-state index in [1.54, 1.807) is 7.11 Å². The van der Waals surface area contributed by atoms with Crippen LogP contribution in [0.4, 0.5) is 0 Å². The van der Waals surface area contributed by atoms with Crippen molar-refractivity contribution in [2.45, 2.75) is 30.6 Å². The first-order valence-electron chi connectivity index (χ1n) is 6.17. The molecule has 17 heavy (non-hydrogen) atoms. The zero-order valence-corrected chi connectivity index (χ0v) is 11.0. The zero-order valence-electron chi connectivity index (χ0n) is 10.2. The second-order valence-electron chi connectivity index (χ2n) is 4.43. The molecule has 3 heteroatoms. The number of methoxy groups -OCH3 is 1. The molecule has 0 spiro atoms. The third kappa shape index (κ3) is 3.14. The summed E-state index contributed by atoms with van der Waals surface area (Å²) in [4.78, 5) is 0. The average Bonchev–Trinajstić information content (AvgIpc) is 2.76. The van der Waals surface area contributed by atoms with Crippen LogP contribution in [0, 0.1) is 0 Å². The fraction of sp³-hybridized carbons (Fsp3) is 0.571. The van der Waals surface area contributed by atoms with Crippen LogP contribution in [0.15, 0.2) is 24.3 Å². The van der Waals surface area contributed by atoms with Gasteiger partial charge in [-0.3, -0.25) is 0 Å². The van der Waals surface area contributed by atoms with Gasteiger partial charge in [-0.2, -0.15) is 0 Å². The minimum absolute atomic E-state index is 0.252. The number of hydrogen-bond donors (Lipinski definition) is 0. The fourth-order valence-electron chi connectivity index (χ4n) is 2.42. The van der Waals surface area contributed by atoms with Crippen molar-refractivity contribution in [2.24, 2.45) is 0 Å². The van der Waals surface area contributed by atoms with Crippen LogP contribution in [0.5, 0.6) is 5.75 Å². The summed E-state index contributed by atoms with van der Waals surface area (Å²) in [7, 11) is 1.68. The van der Waals surface area contributed by atoms with Crippen LogP contribution < -0.4 is 4.74 Å². The van der Waals surface area contributed by atoms with E-state index in [9.17, 15) is 0 Å². The second-order valence-corrected chi connectivity index (χ2v) is 4.99. The predicted molar refractivity (Wildman–Crippen MR) is 70.0 cm³/mol. The Balaban J connectivity index is 2.09. The molecule has 0 aliphatic heterocycles. The van der Waals surface area contributed by atoms with Gasteiger partial charge in [0.2, 0.25) is 0 Å². The summed E-state index contributed by atoms with van der Waals surface area (Å²) in [5, 5.41) is 0.252. The molecule has 2 rings (SSSR count). The summed E-state index contributed by atoms with van der Waals surface area (Å²) in [6.45, 7) is 1.20. The van der Waals surface area contributed by atoms with Crippen LogP contribution in [-0.4, -0.2) is 25.7 Å². The van der Waals surface area contributed by atoms with Gasteiger partial charge in [0.15, 0.2) is 0 Å². The monoisotopic (exact) mass is 254 g/mol. The van der Waals surface area contributed by atoms with E-state index in [2.05, 4.69) is 12.1 Å². The molecule has 0 bridgehead atoms. The van der Waals surface area contributed by atoms with Crippen molar-refractivity contribution in [2.75, 3.05) is 20.3 Å². The van der Waals surface area contributed by atoms with Gasteiger partial charge in [0.25, 0.3) is 0 Å². The second kappa shape index (κ2) is 6.27. The molecular formula is C14H19ClO2. The number of benzene rings is 1. The van der Waals surface area contributed by atoms with Crippen LogP contribution in [0.2, 0.25) is 0 Å². The van der Waals surface area contributed by atoms with E-state index in [1.165, 1.54) is 18.4 Å². The topological polar surface area (TPSA) is 18.5 Å². The number of para-hydroxylation sites is 1. The minimum atomic E-state index is 0.252. The van der Waals surface area contributed by atoms with Crippen molar-refractivity contribution < 1.29 is 9.47 Å². The van der Waals surface area contributed by atoms with E-state index in [0.29, 0.717) is 19.1 Å². The Bertz CT molecular complexity index is 354. The van der Waals surface area contributed by atoms with Crippen molar-refractivity contribution in [3.63, 3.8) is 0 Å². The van der Waals surface area contributed by atoms with Crippen LogP contribution in [0.3, 0.4) is 0 Å². The van der Waals surface area contributed by atoms with E-state index < -0.39 is 0 Å². The highest BCUT2D eigenvalue weighted by Gasteiger charge is 2.28. The van der Waals surface area contributed by atoms with E-state index in [1.807, 2.05) is 12.1 Å². The van der Waals surface area contributed by atoms with Crippen LogP contribution in [0.1, 0.15) is 30.7 Å². The molecule has 1 aromatic carbocycles. The third-order valence-electron chi connectivity index (χ3n) is 3.30. The maximum Gasteiger partial charge on any atom is 0.122 e. The smallest absolute Gasteiger partial charge is 0.122 e. The summed E-state index contributed by atoms with van der Waals surface area (Å²) in [6.07, 6.45) is 3.49. The Morgan fingerprint density at radius 2 is 2.06 bits per heavy atom. The van der Waals surface area contributed by atoms with Gasteiger partial charge in [0.1, 0.15) is 12.4 Å². The molecule has 94 valence electrons. The number of rotatable bonds is 5. The van der Waals surface area contributed by atoms with Gasteiger partial charge < -0.3 is 9.47 Å². The summed E-state index contributed by atoms with van der Waals surface area (Å²) in [5.41, 5.74) is 1.25. The van der Waals surface area contributed by atoms with Gasteiger partial charge in [-0.25, -0.2) is 0 Å². The average molecular weight is 255 g/mol. The van der Waals surface area contributed by atoms with Crippen LogP contribution >= 0.6 is 11.6 Å². The fourth-order valence-corrected chi connectivity index (χ4v) is 2.83. The number of halogens is 1. The minimum Gasteiger partial charge on any atom is -0.491 e. The normalized spacial score (nSPS) is 23.9. The molecule has 1 saturated carbocycles. The third-order valence-corrected chi connectivity index (χ3v) is 3.82. The molecule has 2 unspecified atom stereocenters.